The SMILES string of the molecule is O=C1NC(=S)SC1=Cc1ccc(N2CCC(NC[C@H](O)CO)CC2)cc1. The third-order valence-electron chi connectivity index (χ3n) is 4.55. The number of anilines is 1. The van der Waals surface area contributed by atoms with Crippen LogP contribution in [0.4, 0.5) is 5.69 Å². The Morgan fingerprint density at radius 2 is 2.04 bits per heavy atom. The number of nitrogens with one attached hydrogen (secondary N) is 2. The first-order chi connectivity index (χ1) is 12.5. The lowest BCUT2D eigenvalue weighted by molar-refractivity contribution is -0.115. The van der Waals surface area contributed by atoms with Crippen molar-refractivity contribution in [2.24, 2.45) is 0 Å². The highest BCUT2D eigenvalue weighted by molar-refractivity contribution is 8.26. The number of carbonyl (C=O) groups excluding carboxylic acids is 1. The molecule has 0 aliphatic carbocycles. The fourth-order valence-electron chi connectivity index (χ4n) is 3.06. The molecule has 1 aromatic carbocycles. The van der Waals surface area contributed by atoms with Crippen molar-refractivity contribution in [3.8, 4) is 0 Å². The highest BCUT2D eigenvalue weighted by Gasteiger charge is 2.22. The Bertz CT molecular complexity index is 685. The monoisotopic (exact) mass is 393 g/mol. The molecule has 0 spiro atoms. The van der Waals surface area contributed by atoms with E-state index in [1.165, 1.54) is 17.4 Å². The zero-order valence-electron chi connectivity index (χ0n) is 14.4. The normalized spacial score (nSPS) is 21.3. The number of benzene rings is 1. The van der Waals surface area contributed by atoms with Crippen LogP contribution in [-0.2, 0) is 4.79 Å². The molecule has 0 unspecified atom stereocenters. The van der Waals surface area contributed by atoms with Crippen LogP contribution in [-0.4, -0.2) is 58.8 Å². The highest BCUT2D eigenvalue weighted by atomic mass is 32.2. The van der Waals surface area contributed by atoms with Crippen LogP contribution in [0.15, 0.2) is 29.2 Å². The molecule has 8 heteroatoms. The molecule has 2 aliphatic rings. The average molecular weight is 394 g/mol. The number of thiocarbonyl (C=S) groups is 1. The van der Waals surface area contributed by atoms with Crippen molar-refractivity contribution in [2.45, 2.75) is 25.0 Å². The van der Waals surface area contributed by atoms with Gasteiger partial charge in [-0.1, -0.05) is 36.1 Å². The van der Waals surface area contributed by atoms with Crippen LogP contribution in [0.2, 0.25) is 0 Å². The van der Waals surface area contributed by atoms with E-state index in [1.807, 2.05) is 18.2 Å². The van der Waals surface area contributed by atoms with Crippen LogP contribution in [0, 0.1) is 0 Å². The molecule has 3 rings (SSSR count). The van der Waals surface area contributed by atoms with Crippen molar-refractivity contribution >= 4 is 46.0 Å². The summed E-state index contributed by atoms with van der Waals surface area (Å²) in [5.74, 6) is -0.134. The van der Waals surface area contributed by atoms with Crippen molar-refractivity contribution in [2.75, 3.05) is 31.1 Å². The summed E-state index contributed by atoms with van der Waals surface area (Å²) in [4.78, 5) is 14.7. The van der Waals surface area contributed by atoms with E-state index < -0.39 is 6.10 Å². The van der Waals surface area contributed by atoms with Gasteiger partial charge in [-0.25, -0.2) is 0 Å². The molecule has 1 atom stereocenters. The van der Waals surface area contributed by atoms with Crippen molar-refractivity contribution in [3.63, 3.8) is 0 Å². The molecule has 0 bridgehead atoms. The Morgan fingerprint density at radius 1 is 1.35 bits per heavy atom. The maximum atomic E-state index is 11.7. The summed E-state index contributed by atoms with van der Waals surface area (Å²) in [7, 11) is 0. The Labute approximate surface area is 162 Å². The van der Waals surface area contributed by atoms with Crippen LogP contribution in [0.3, 0.4) is 0 Å². The van der Waals surface area contributed by atoms with Crippen LogP contribution in [0.25, 0.3) is 6.08 Å². The number of aliphatic hydroxyl groups is 2. The zero-order valence-corrected chi connectivity index (χ0v) is 16.0. The number of nitrogens with zero attached hydrogens (tertiary/aromatic N) is 1. The number of hydrogen-bond acceptors (Lipinski definition) is 7. The van der Waals surface area contributed by atoms with Gasteiger partial charge in [0.1, 0.15) is 4.32 Å². The predicted octanol–water partition coefficient (Wildman–Crippen LogP) is 1.09. The van der Waals surface area contributed by atoms with Gasteiger partial charge in [-0.3, -0.25) is 4.79 Å². The first-order valence-corrected chi connectivity index (χ1v) is 9.90. The summed E-state index contributed by atoms with van der Waals surface area (Å²) >= 11 is 6.29. The zero-order chi connectivity index (χ0) is 18.5. The molecule has 0 radical (unpaired) electrons. The lowest BCUT2D eigenvalue weighted by Crippen LogP contribution is -2.45. The number of aliphatic hydroxyl groups excluding tert-OH is 2. The molecular weight excluding hydrogens is 370 g/mol. The van der Waals surface area contributed by atoms with Gasteiger partial charge in [-0.05, 0) is 36.6 Å². The second-order valence-corrected chi connectivity index (χ2v) is 8.17. The fraction of sp³-hybridized carbons (Fsp3) is 0.444. The molecule has 26 heavy (non-hydrogen) atoms. The van der Waals surface area contributed by atoms with Gasteiger partial charge in [0.05, 0.1) is 17.6 Å². The van der Waals surface area contributed by atoms with Crippen molar-refractivity contribution in [3.05, 3.63) is 34.7 Å². The number of hydrogen-bond donors (Lipinski definition) is 4. The van der Waals surface area contributed by atoms with Gasteiger partial charge in [0.25, 0.3) is 5.91 Å². The van der Waals surface area contributed by atoms with Crippen molar-refractivity contribution in [1.82, 2.24) is 10.6 Å². The van der Waals surface area contributed by atoms with E-state index in [2.05, 4.69) is 27.7 Å². The molecule has 2 fully saturated rings. The molecule has 140 valence electrons. The van der Waals surface area contributed by atoms with E-state index in [0.717, 1.165) is 31.5 Å². The lowest BCUT2D eigenvalue weighted by atomic mass is 10.0. The van der Waals surface area contributed by atoms with Crippen LogP contribution < -0.4 is 15.5 Å². The second kappa shape index (κ2) is 8.96. The number of piperidine rings is 1. The Morgan fingerprint density at radius 3 is 2.62 bits per heavy atom. The van der Waals surface area contributed by atoms with Gasteiger partial charge >= 0.3 is 0 Å². The average Bonchev–Trinajstić information content (AvgIpc) is 2.97. The van der Waals surface area contributed by atoms with Gasteiger partial charge in [-0.2, -0.15) is 0 Å². The third kappa shape index (κ3) is 5.05. The first-order valence-electron chi connectivity index (χ1n) is 8.67. The lowest BCUT2D eigenvalue weighted by Gasteiger charge is -2.34. The maximum Gasteiger partial charge on any atom is 0.263 e. The molecule has 4 N–H and O–H groups in total. The topological polar surface area (TPSA) is 84.8 Å². The predicted molar refractivity (Wildman–Crippen MR) is 109 cm³/mol. The molecule has 2 saturated heterocycles. The summed E-state index contributed by atoms with van der Waals surface area (Å²) < 4.78 is 0.501. The van der Waals surface area contributed by atoms with Crippen molar-refractivity contribution in [1.29, 1.82) is 0 Å². The Kier molecular flexibility index (Phi) is 6.66. The number of thioether (sulfide) groups is 1. The minimum Gasteiger partial charge on any atom is -0.394 e. The smallest absolute Gasteiger partial charge is 0.263 e. The second-order valence-electron chi connectivity index (χ2n) is 6.45. The van der Waals surface area contributed by atoms with E-state index in [-0.39, 0.29) is 12.5 Å². The van der Waals surface area contributed by atoms with Crippen LogP contribution in [0.1, 0.15) is 18.4 Å². The van der Waals surface area contributed by atoms with Gasteiger partial charge < -0.3 is 25.7 Å². The Hall–Kier alpha value is -1.45. The largest absolute Gasteiger partial charge is 0.394 e. The minimum atomic E-state index is -0.691. The van der Waals surface area contributed by atoms with Gasteiger partial charge in [0.15, 0.2) is 0 Å². The Balaban J connectivity index is 1.53. The standard InChI is InChI=1S/C18H23N3O3S2/c22-11-15(23)10-19-13-5-7-21(8-6-13)14-3-1-12(2-4-14)9-16-17(24)20-18(25)26-16/h1-4,9,13,15,19,22-23H,5-8,10-11H2,(H,20,24,25)/t15-/m0/s1. The summed E-state index contributed by atoms with van der Waals surface area (Å²) in [6.07, 6.45) is 3.16. The van der Waals surface area contributed by atoms with Gasteiger partial charge in [0.2, 0.25) is 0 Å². The molecule has 1 amide bonds. The van der Waals surface area contributed by atoms with E-state index >= 15 is 0 Å². The van der Waals surface area contributed by atoms with Crippen LogP contribution >= 0.6 is 24.0 Å². The van der Waals surface area contributed by atoms with Gasteiger partial charge in [0, 0.05) is 31.4 Å². The van der Waals surface area contributed by atoms with E-state index in [4.69, 9.17) is 17.3 Å². The molecule has 6 nitrogen and oxygen atoms in total. The van der Waals surface area contributed by atoms with Crippen LogP contribution in [0.5, 0.6) is 0 Å². The summed E-state index contributed by atoms with van der Waals surface area (Å²) in [5.41, 5.74) is 2.14. The highest BCUT2D eigenvalue weighted by Crippen LogP contribution is 2.27. The fourth-order valence-corrected chi connectivity index (χ4v) is 4.11. The van der Waals surface area contributed by atoms with E-state index in [9.17, 15) is 9.90 Å². The summed E-state index contributed by atoms with van der Waals surface area (Å²) in [6.45, 7) is 2.11. The quantitative estimate of drug-likeness (QED) is 0.425. The summed E-state index contributed by atoms with van der Waals surface area (Å²) in [6, 6.07) is 8.55. The third-order valence-corrected chi connectivity index (χ3v) is 5.71. The molecule has 0 aromatic heterocycles. The molecule has 2 heterocycles. The maximum absolute atomic E-state index is 11.7. The molecular formula is C18H23N3O3S2. The molecule has 2 aliphatic heterocycles. The number of rotatable bonds is 6. The van der Waals surface area contributed by atoms with E-state index in [0.29, 0.717) is 21.8 Å². The van der Waals surface area contributed by atoms with E-state index in [1.54, 1.807) is 0 Å². The number of amides is 1. The molecule has 0 saturated carbocycles. The minimum absolute atomic E-state index is 0.134. The van der Waals surface area contributed by atoms with Gasteiger partial charge in [-0.15, -0.1) is 0 Å². The summed E-state index contributed by atoms with van der Waals surface area (Å²) in [5, 5.41) is 24.2. The number of carbonyl (C=O) groups is 1. The first kappa shape index (κ1) is 19.3. The van der Waals surface area contributed by atoms with Crippen molar-refractivity contribution < 1.29 is 15.0 Å². The molecule has 1 aromatic rings.